The largest absolute Gasteiger partial charge is 0.480 e. The number of hydrogen-bond donors (Lipinski definition) is 2. The van der Waals surface area contributed by atoms with Crippen LogP contribution in [-0.2, 0) is 11.2 Å². The topological polar surface area (TPSA) is 53.1 Å². The molecule has 0 spiro atoms. The molecular formula is C7H7NO2S. The van der Waals surface area contributed by atoms with Gasteiger partial charge < -0.3 is 10.1 Å². The molecule has 0 saturated heterocycles. The normalized spacial score (nSPS) is 21.6. The van der Waals surface area contributed by atoms with Crippen LogP contribution in [-0.4, -0.2) is 21.3 Å². The van der Waals surface area contributed by atoms with Gasteiger partial charge in [0.2, 0.25) is 0 Å². The lowest BCUT2D eigenvalue weighted by molar-refractivity contribution is -0.136. The number of aromatic nitrogens is 1. The van der Waals surface area contributed by atoms with Gasteiger partial charge >= 0.3 is 5.97 Å². The molecule has 58 valence electrons. The van der Waals surface area contributed by atoms with Crippen molar-refractivity contribution < 1.29 is 9.90 Å². The van der Waals surface area contributed by atoms with E-state index in [4.69, 9.17) is 5.11 Å². The van der Waals surface area contributed by atoms with E-state index >= 15 is 0 Å². The lowest BCUT2D eigenvalue weighted by Crippen LogP contribution is -2.14. The summed E-state index contributed by atoms with van der Waals surface area (Å²) < 4.78 is 0. The minimum atomic E-state index is -0.716. The van der Waals surface area contributed by atoms with Crippen LogP contribution in [0.2, 0.25) is 0 Å². The first kappa shape index (κ1) is 6.79. The molecule has 2 rings (SSSR count). The molecule has 0 aromatic carbocycles. The molecule has 2 N–H and O–H groups in total. The number of carbonyl (C=O) groups is 1. The average Bonchev–Trinajstić information content (AvgIpc) is 2.40. The maximum absolute atomic E-state index is 10.5. The van der Waals surface area contributed by atoms with Gasteiger partial charge in [-0.25, -0.2) is 0 Å². The first-order valence-electron chi connectivity index (χ1n) is 3.32. The third-order valence-electron chi connectivity index (χ3n) is 1.74. The summed E-state index contributed by atoms with van der Waals surface area (Å²) in [5.74, 6) is -0.716. The molecule has 0 bridgehead atoms. The second-order valence-electron chi connectivity index (χ2n) is 2.49. The number of nitrogens with one attached hydrogen (secondary N) is 1. The zero-order chi connectivity index (χ0) is 7.84. The predicted octanol–water partition coefficient (Wildman–Crippen LogP) is 1.12. The van der Waals surface area contributed by atoms with Crippen molar-refractivity contribution in [1.29, 1.82) is 0 Å². The highest BCUT2D eigenvalue weighted by Gasteiger charge is 2.28. The van der Waals surface area contributed by atoms with Gasteiger partial charge in [0.15, 0.2) is 0 Å². The average molecular weight is 169 g/mol. The lowest BCUT2D eigenvalue weighted by Gasteiger charge is -1.98. The molecule has 0 aliphatic carbocycles. The summed E-state index contributed by atoms with van der Waals surface area (Å²) in [6.45, 7) is 0. The van der Waals surface area contributed by atoms with E-state index in [9.17, 15) is 4.79 Å². The molecule has 1 aliphatic heterocycles. The van der Waals surface area contributed by atoms with Gasteiger partial charge in [-0.15, -0.1) is 11.8 Å². The minimum Gasteiger partial charge on any atom is -0.480 e. The summed E-state index contributed by atoms with van der Waals surface area (Å²) in [6.07, 6.45) is 4.37. The second kappa shape index (κ2) is 2.30. The molecular weight excluding hydrogens is 162 g/mol. The van der Waals surface area contributed by atoms with Gasteiger partial charge in [-0.3, -0.25) is 4.79 Å². The molecule has 0 saturated carbocycles. The first-order valence-corrected chi connectivity index (χ1v) is 4.20. The molecule has 1 aromatic heterocycles. The molecule has 2 heterocycles. The third-order valence-corrected chi connectivity index (χ3v) is 3.03. The summed E-state index contributed by atoms with van der Waals surface area (Å²) in [5, 5.41) is 8.40. The van der Waals surface area contributed by atoms with E-state index in [0.29, 0.717) is 6.42 Å². The van der Waals surface area contributed by atoms with Crippen LogP contribution in [0.15, 0.2) is 17.3 Å². The Kier molecular flexibility index (Phi) is 1.42. The number of fused-ring (bicyclic) bond motifs is 1. The molecule has 1 aliphatic rings. The Bertz CT molecular complexity index is 274. The Morgan fingerprint density at radius 3 is 3.18 bits per heavy atom. The third kappa shape index (κ3) is 1.03. The van der Waals surface area contributed by atoms with Crippen molar-refractivity contribution in [2.45, 2.75) is 16.6 Å². The van der Waals surface area contributed by atoms with Crippen molar-refractivity contribution in [2.24, 2.45) is 0 Å². The van der Waals surface area contributed by atoms with Crippen LogP contribution >= 0.6 is 11.8 Å². The van der Waals surface area contributed by atoms with E-state index in [1.165, 1.54) is 11.8 Å². The predicted molar refractivity (Wildman–Crippen MR) is 41.8 cm³/mol. The van der Waals surface area contributed by atoms with Gasteiger partial charge in [0.05, 0.1) is 0 Å². The molecule has 3 nitrogen and oxygen atoms in total. The molecule has 0 amide bonds. The van der Waals surface area contributed by atoms with Crippen molar-refractivity contribution in [3.05, 3.63) is 18.0 Å². The summed E-state index contributed by atoms with van der Waals surface area (Å²) in [7, 11) is 0. The zero-order valence-corrected chi connectivity index (χ0v) is 6.52. The molecule has 4 heteroatoms. The standard InChI is InChI=1S/C7H7NO2S/c9-7(10)5-1-4-2-8-3-6(4)11-5/h2-3,5,8H,1H2,(H,9,10). The molecule has 1 atom stereocenters. The van der Waals surface area contributed by atoms with E-state index in [-0.39, 0.29) is 5.25 Å². The van der Waals surface area contributed by atoms with Crippen LogP contribution in [0.3, 0.4) is 0 Å². The Labute approximate surface area is 67.8 Å². The van der Waals surface area contributed by atoms with Crippen LogP contribution in [0.4, 0.5) is 0 Å². The molecule has 1 aromatic rings. The van der Waals surface area contributed by atoms with Gasteiger partial charge in [-0.1, -0.05) is 0 Å². The SMILES string of the molecule is O=C(O)C1Cc2c[nH]cc2S1. The number of carboxylic acid groups (broad SMARTS) is 1. The summed E-state index contributed by atoms with van der Waals surface area (Å²) in [5.41, 5.74) is 1.13. The smallest absolute Gasteiger partial charge is 0.317 e. The van der Waals surface area contributed by atoms with E-state index in [1.54, 1.807) is 0 Å². The number of rotatable bonds is 1. The van der Waals surface area contributed by atoms with Gasteiger partial charge in [0.25, 0.3) is 0 Å². The first-order chi connectivity index (χ1) is 5.27. The molecule has 0 fully saturated rings. The number of aromatic amines is 1. The van der Waals surface area contributed by atoms with Crippen LogP contribution in [0.1, 0.15) is 5.56 Å². The van der Waals surface area contributed by atoms with Crippen molar-refractivity contribution in [1.82, 2.24) is 4.98 Å². The van der Waals surface area contributed by atoms with Crippen molar-refractivity contribution in [2.75, 3.05) is 0 Å². The number of carboxylic acids is 1. The van der Waals surface area contributed by atoms with Crippen LogP contribution in [0, 0.1) is 0 Å². The highest BCUT2D eigenvalue weighted by molar-refractivity contribution is 8.01. The maximum Gasteiger partial charge on any atom is 0.317 e. The molecule has 0 radical (unpaired) electrons. The highest BCUT2D eigenvalue weighted by Crippen LogP contribution is 2.36. The van der Waals surface area contributed by atoms with Gasteiger partial charge in [0.1, 0.15) is 5.25 Å². The summed E-state index contributed by atoms with van der Waals surface area (Å²) in [4.78, 5) is 14.6. The fourth-order valence-corrected chi connectivity index (χ4v) is 2.28. The zero-order valence-electron chi connectivity index (χ0n) is 5.70. The van der Waals surface area contributed by atoms with Gasteiger partial charge in [0, 0.05) is 17.3 Å². The fourth-order valence-electron chi connectivity index (χ4n) is 1.18. The Morgan fingerprint density at radius 1 is 1.73 bits per heavy atom. The number of aliphatic carboxylic acids is 1. The van der Waals surface area contributed by atoms with E-state index in [1.807, 2.05) is 12.4 Å². The van der Waals surface area contributed by atoms with Crippen LogP contribution in [0.25, 0.3) is 0 Å². The van der Waals surface area contributed by atoms with E-state index < -0.39 is 5.97 Å². The lowest BCUT2D eigenvalue weighted by atomic mass is 10.2. The fraction of sp³-hybridized carbons (Fsp3) is 0.286. The van der Waals surface area contributed by atoms with Crippen molar-refractivity contribution >= 4 is 17.7 Å². The van der Waals surface area contributed by atoms with Crippen molar-refractivity contribution in [3.63, 3.8) is 0 Å². The van der Waals surface area contributed by atoms with Crippen LogP contribution in [0.5, 0.6) is 0 Å². The Morgan fingerprint density at radius 2 is 2.55 bits per heavy atom. The quantitative estimate of drug-likeness (QED) is 0.662. The Hall–Kier alpha value is -0.900. The number of H-pyrrole nitrogens is 1. The van der Waals surface area contributed by atoms with E-state index in [2.05, 4.69) is 4.98 Å². The summed E-state index contributed by atoms with van der Waals surface area (Å²) in [6, 6.07) is 0. The highest BCUT2D eigenvalue weighted by atomic mass is 32.2. The minimum absolute atomic E-state index is 0.269. The molecule has 11 heavy (non-hydrogen) atoms. The second-order valence-corrected chi connectivity index (χ2v) is 3.74. The Balaban J connectivity index is 2.22. The van der Waals surface area contributed by atoms with Gasteiger partial charge in [-0.05, 0) is 12.0 Å². The van der Waals surface area contributed by atoms with Crippen molar-refractivity contribution in [3.8, 4) is 0 Å². The maximum atomic E-state index is 10.5. The summed E-state index contributed by atoms with van der Waals surface area (Å²) >= 11 is 1.42. The van der Waals surface area contributed by atoms with Gasteiger partial charge in [-0.2, -0.15) is 0 Å². The molecule has 1 unspecified atom stereocenters. The number of hydrogen-bond acceptors (Lipinski definition) is 2. The monoisotopic (exact) mass is 169 g/mol. The number of thioether (sulfide) groups is 1. The van der Waals surface area contributed by atoms with E-state index in [0.717, 1.165) is 10.5 Å². The van der Waals surface area contributed by atoms with Crippen LogP contribution < -0.4 is 0 Å².